The van der Waals surface area contributed by atoms with Crippen molar-refractivity contribution in [3.8, 4) is 0 Å². The van der Waals surface area contributed by atoms with E-state index in [1.165, 1.54) is 24.3 Å². The van der Waals surface area contributed by atoms with E-state index in [-0.39, 0.29) is 6.04 Å². The van der Waals surface area contributed by atoms with Crippen molar-refractivity contribution in [3.63, 3.8) is 0 Å². The van der Waals surface area contributed by atoms with Crippen LogP contribution in [0.25, 0.3) is 0 Å². The molecule has 2 rings (SSSR count). The summed E-state index contributed by atoms with van der Waals surface area (Å²) in [4.78, 5) is 16.6. The maximum absolute atomic E-state index is 12.4. The van der Waals surface area contributed by atoms with E-state index >= 15 is 0 Å². The van der Waals surface area contributed by atoms with Crippen molar-refractivity contribution in [2.75, 3.05) is 6.54 Å². The molecule has 1 aromatic rings. The molecule has 18 heavy (non-hydrogen) atoms. The van der Waals surface area contributed by atoms with Crippen molar-refractivity contribution in [1.82, 2.24) is 19.7 Å². The van der Waals surface area contributed by atoms with Crippen molar-refractivity contribution < 1.29 is 18.0 Å². The summed E-state index contributed by atoms with van der Waals surface area (Å²) in [5.41, 5.74) is 0. The van der Waals surface area contributed by atoms with Crippen LogP contribution in [0.4, 0.5) is 13.2 Å². The molecule has 5 nitrogen and oxygen atoms in total. The highest BCUT2D eigenvalue weighted by atomic mass is 19.4. The minimum Gasteiger partial charge on any atom is -0.329 e. The van der Waals surface area contributed by atoms with E-state index in [1.54, 1.807) is 0 Å². The van der Waals surface area contributed by atoms with E-state index < -0.39 is 24.7 Å². The molecule has 1 aliphatic rings. The zero-order valence-electron chi connectivity index (χ0n) is 9.76. The standard InChI is InChI=1S/C10H13F3N4O/c1-7(17-6-14-5-15-17)9(18)16(8-2-3-8)4-10(11,12)13/h5-8H,2-4H2,1H3. The van der Waals surface area contributed by atoms with Gasteiger partial charge in [-0.05, 0) is 19.8 Å². The molecule has 1 aromatic heterocycles. The van der Waals surface area contributed by atoms with Crippen LogP contribution in [0.15, 0.2) is 12.7 Å². The first kappa shape index (κ1) is 12.8. The molecule has 1 atom stereocenters. The summed E-state index contributed by atoms with van der Waals surface area (Å²) in [6.07, 6.45) is -0.547. The fraction of sp³-hybridized carbons (Fsp3) is 0.700. The highest BCUT2D eigenvalue weighted by molar-refractivity contribution is 5.80. The molecule has 1 unspecified atom stereocenters. The van der Waals surface area contributed by atoms with Crippen LogP contribution in [0.2, 0.25) is 0 Å². The minimum absolute atomic E-state index is 0.287. The summed E-state index contributed by atoms with van der Waals surface area (Å²) >= 11 is 0. The predicted octanol–water partition coefficient (Wildman–Crippen LogP) is 1.39. The van der Waals surface area contributed by atoms with E-state index in [2.05, 4.69) is 10.1 Å². The van der Waals surface area contributed by atoms with Gasteiger partial charge < -0.3 is 4.90 Å². The van der Waals surface area contributed by atoms with Crippen molar-refractivity contribution in [1.29, 1.82) is 0 Å². The van der Waals surface area contributed by atoms with Gasteiger partial charge in [0.15, 0.2) is 0 Å². The molecule has 0 radical (unpaired) electrons. The molecular weight excluding hydrogens is 249 g/mol. The number of halogens is 3. The first-order chi connectivity index (χ1) is 8.38. The average molecular weight is 262 g/mol. The Hall–Kier alpha value is -1.60. The zero-order chi connectivity index (χ0) is 13.3. The molecule has 1 saturated carbocycles. The summed E-state index contributed by atoms with van der Waals surface area (Å²) in [5.74, 6) is -0.569. The van der Waals surface area contributed by atoms with Crippen molar-refractivity contribution in [2.24, 2.45) is 0 Å². The summed E-state index contributed by atoms with van der Waals surface area (Å²) in [5, 5.41) is 3.77. The molecular formula is C10H13F3N4O. The van der Waals surface area contributed by atoms with E-state index in [9.17, 15) is 18.0 Å². The van der Waals surface area contributed by atoms with Gasteiger partial charge in [0.25, 0.3) is 0 Å². The van der Waals surface area contributed by atoms with Gasteiger partial charge in [0, 0.05) is 6.04 Å². The predicted molar refractivity (Wildman–Crippen MR) is 55.5 cm³/mol. The highest BCUT2D eigenvalue weighted by Crippen LogP contribution is 2.31. The quantitative estimate of drug-likeness (QED) is 0.824. The normalized spacial score (nSPS) is 17.6. The van der Waals surface area contributed by atoms with Crippen LogP contribution in [0.5, 0.6) is 0 Å². The number of carbonyl (C=O) groups excluding carboxylic acids is 1. The lowest BCUT2D eigenvalue weighted by atomic mass is 10.2. The van der Waals surface area contributed by atoms with Gasteiger partial charge in [-0.25, -0.2) is 9.67 Å². The number of hydrogen-bond donors (Lipinski definition) is 0. The first-order valence-corrected chi connectivity index (χ1v) is 5.60. The number of amides is 1. The van der Waals surface area contributed by atoms with E-state index in [0.717, 1.165) is 4.90 Å². The second-order valence-corrected chi connectivity index (χ2v) is 4.36. The number of hydrogen-bond acceptors (Lipinski definition) is 3. The van der Waals surface area contributed by atoms with Crippen molar-refractivity contribution in [3.05, 3.63) is 12.7 Å². The molecule has 1 heterocycles. The van der Waals surface area contributed by atoms with Gasteiger partial charge >= 0.3 is 6.18 Å². The van der Waals surface area contributed by atoms with Crippen LogP contribution in [0, 0.1) is 0 Å². The van der Waals surface area contributed by atoms with Gasteiger partial charge in [-0.1, -0.05) is 0 Å². The highest BCUT2D eigenvalue weighted by Gasteiger charge is 2.42. The molecule has 8 heteroatoms. The van der Waals surface area contributed by atoms with Gasteiger partial charge in [-0.15, -0.1) is 0 Å². The second kappa shape index (κ2) is 4.58. The molecule has 100 valence electrons. The molecule has 0 N–H and O–H groups in total. The van der Waals surface area contributed by atoms with E-state index in [4.69, 9.17) is 0 Å². The molecule has 0 bridgehead atoms. The van der Waals surface area contributed by atoms with E-state index in [1.807, 2.05) is 0 Å². The van der Waals surface area contributed by atoms with Crippen LogP contribution < -0.4 is 0 Å². The molecule has 0 aliphatic heterocycles. The Morgan fingerprint density at radius 1 is 1.56 bits per heavy atom. The lowest BCUT2D eigenvalue weighted by molar-refractivity contribution is -0.164. The number of alkyl halides is 3. The average Bonchev–Trinajstić information content (AvgIpc) is 2.97. The smallest absolute Gasteiger partial charge is 0.329 e. The zero-order valence-corrected chi connectivity index (χ0v) is 9.76. The van der Waals surface area contributed by atoms with Gasteiger partial charge in [-0.3, -0.25) is 4.79 Å². The Kier molecular flexibility index (Phi) is 3.27. The maximum Gasteiger partial charge on any atom is 0.406 e. The van der Waals surface area contributed by atoms with Gasteiger partial charge in [0.1, 0.15) is 25.2 Å². The Balaban J connectivity index is 2.08. The van der Waals surface area contributed by atoms with Gasteiger partial charge in [-0.2, -0.15) is 18.3 Å². The van der Waals surface area contributed by atoms with Crippen LogP contribution >= 0.6 is 0 Å². The first-order valence-electron chi connectivity index (χ1n) is 5.60. The third-order valence-electron chi connectivity index (χ3n) is 2.81. The van der Waals surface area contributed by atoms with Gasteiger partial charge in [0.2, 0.25) is 5.91 Å². The van der Waals surface area contributed by atoms with Crippen LogP contribution in [-0.4, -0.2) is 44.3 Å². The molecule has 1 fully saturated rings. The number of nitrogens with zero attached hydrogens (tertiary/aromatic N) is 4. The molecule has 0 saturated heterocycles. The van der Waals surface area contributed by atoms with E-state index in [0.29, 0.717) is 12.8 Å². The topological polar surface area (TPSA) is 51.0 Å². The summed E-state index contributed by atoms with van der Waals surface area (Å²) in [6, 6.07) is -1.06. The molecule has 0 spiro atoms. The number of rotatable bonds is 4. The second-order valence-electron chi connectivity index (χ2n) is 4.36. The lowest BCUT2D eigenvalue weighted by Gasteiger charge is -2.26. The maximum atomic E-state index is 12.4. The number of aromatic nitrogens is 3. The van der Waals surface area contributed by atoms with Crippen molar-refractivity contribution >= 4 is 5.91 Å². The molecule has 1 amide bonds. The SMILES string of the molecule is CC(C(=O)N(CC(F)(F)F)C1CC1)n1cncn1. The number of carbonyl (C=O) groups is 1. The fourth-order valence-electron chi connectivity index (χ4n) is 1.74. The summed E-state index contributed by atoms with van der Waals surface area (Å²) < 4.78 is 38.6. The lowest BCUT2D eigenvalue weighted by Crippen LogP contribution is -2.43. The Morgan fingerprint density at radius 3 is 2.67 bits per heavy atom. The minimum atomic E-state index is -4.37. The van der Waals surface area contributed by atoms with Crippen LogP contribution in [0.1, 0.15) is 25.8 Å². The Labute approximate surface area is 102 Å². The van der Waals surface area contributed by atoms with Gasteiger partial charge in [0.05, 0.1) is 0 Å². The summed E-state index contributed by atoms with van der Waals surface area (Å²) in [7, 11) is 0. The Bertz CT molecular complexity index is 413. The third-order valence-corrected chi connectivity index (χ3v) is 2.81. The third kappa shape index (κ3) is 2.99. The Morgan fingerprint density at radius 2 is 2.22 bits per heavy atom. The molecule has 0 aromatic carbocycles. The van der Waals surface area contributed by atoms with Crippen molar-refractivity contribution in [2.45, 2.75) is 38.0 Å². The molecule has 1 aliphatic carbocycles. The van der Waals surface area contributed by atoms with Crippen LogP contribution in [-0.2, 0) is 4.79 Å². The fourth-order valence-corrected chi connectivity index (χ4v) is 1.74. The van der Waals surface area contributed by atoms with Crippen LogP contribution in [0.3, 0.4) is 0 Å². The summed E-state index contributed by atoms with van der Waals surface area (Å²) in [6.45, 7) is 0.318. The largest absolute Gasteiger partial charge is 0.406 e. The monoisotopic (exact) mass is 262 g/mol.